The summed E-state index contributed by atoms with van der Waals surface area (Å²) in [5.41, 5.74) is 0. The fourth-order valence-electron chi connectivity index (χ4n) is 4.83. The highest BCUT2D eigenvalue weighted by Gasteiger charge is 2.40. The Morgan fingerprint density at radius 2 is 1.50 bits per heavy atom. The normalized spacial score (nSPS) is 46.0. The van der Waals surface area contributed by atoms with E-state index in [1.807, 2.05) is 0 Å². The van der Waals surface area contributed by atoms with Crippen LogP contribution in [0, 0.1) is 5.92 Å². The lowest BCUT2D eigenvalue weighted by atomic mass is 9.82. The van der Waals surface area contributed by atoms with Gasteiger partial charge in [0.1, 0.15) is 0 Å². The number of nitrogens with zero attached hydrogens (tertiary/aromatic N) is 3. The van der Waals surface area contributed by atoms with Crippen LogP contribution in [0.2, 0.25) is 0 Å². The van der Waals surface area contributed by atoms with Crippen LogP contribution in [0.15, 0.2) is 0 Å². The minimum absolute atomic E-state index is 0.892. The lowest BCUT2D eigenvalue weighted by Gasteiger charge is -2.53. The first-order chi connectivity index (χ1) is 8.90. The van der Waals surface area contributed by atoms with Crippen LogP contribution < -0.4 is 0 Å². The van der Waals surface area contributed by atoms with Crippen molar-refractivity contribution in [2.45, 2.75) is 44.2 Å². The zero-order valence-corrected chi connectivity index (χ0v) is 11.6. The molecule has 18 heavy (non-hydrogen) atoms. The number of piperazine rings is 1. The summed E-state index contributed by atoms with van der Waals surface area (Å²) in [6.07, 6.45) is 7.30. The summed E-state index contributed by atoms with van der Waals surface area (Å²) in [5.74, 6) is 1.02. The predicted molar refractivity (Wildman–Crippen MR) is 73.7 cm³/mol. The average molecular weight is 249 g/mol. The van der Waals surface area contributed by atoms with Crippen molar-refractivity contribution in [1.29, 1.82) is 0 Å². The molecule has 0 aliphatic carbocycles. The molecule has 5 rings (SSSR count). The zero-order chi connectivity index (χ0) is 11.9. The number of fused-ring (bicyclic) bond motifs is 4. The molecule has 5 fully saturated rings. The summed E-state index contributed by atoms with van der Waals surface area (Å²) >= 11 is 0. The molecule has 3 heteroatoms. The van der Waals surface area contributed by atoms with Gasteiger partial charge >= 0.3 is 0 Å². The molecule has 0 aromatic heterocycles. The summed E-state index contributed by atoms with van der Waals surface area (Å²) < 4.78 is 0. The Kier molecular flexibility index (Phi) is 3.10. The molecule has 0 radical (unpaired) electrons. The molecule has 0 spiro atoms. The second kappa shape index (κ2) is 4.77. The summed E-state index contributed by atoms with van der Waals surface area (Å²) in [7, 11) is 0. The van der Waals surface area contributed by atoms with Crippen molar-refractivity contribution in [3.63, 3.8) is 0 Å². The van der Waals surface area contributed by atoms with Crippen molar-refractivity contribution in [3.8, 4) is 0 Å². The third-order valence-electron chi connectivity index (χ3n) is 5.96. The van der Waals surface area contributed by atoms with Crippen LogP contribution in [-0.2, 0) is 0 Å². The van der Waals surface area contributed by atoms with Crippen molar-refractivity contribution in [3.05, 3.63) is 0 Å². The fourth-order valence-corrected chi connectivity index (χ4v) is 4.83. The number of rotatable bonds is 1. The Hall–Kier alpha value is -0.120. The molecule has 0 N–H and O–H groups in total. The number of hydrogen-bond donors (Lipinski definition) is 0. The van der Waals surface area contributed by atoms with Gasteiger partial charge < -0.3 is 4.90 Å². The first-order valence-corrected chi connectivity index (χ1v) is 8.10. The van der Waals surface area contributed by atoms with Gasteiger partial charge in [0, 0.05) is 38.3 Å². The van der Waals surface area contributed by atoms with Gasteiger partial charge in [-0.2, -0.15) is 0 Å². The molecule has 102 valence electrons. The third-order valence-corrected chi connectivity index (χ3v) is 5.96. The molecule has 2 unspecified atom stereocenters. The van der Waals surface area contributed by atoms with Gasteiger partial charge in [-0.25, -0.2) is 0 Å². The van der Waals surface area contributed by atoms with Gasteiger partial charge in [-0.05, 0) is 51.2 Å². The van der Waals surface area contributed by atoms with E-state index in [1.54, 1.807) is 0 Å². The molecule has 0 aromatic carbocycles. The second-order valence-corrected chi connectivity index (χ2v) is 6.89. The van der Waals surface area contributed by atoms with Gasteiger partial charge in [0.2, 0.25) is 0 Å². The van der Waals surface area contributed by atoms with E-state index in [0.29, 0.717) is 0 Å². The highest BCUT2D eigenvalue weighted by atomic mass is 15.3. The SMILES string of the molecule is C1CCN2CCN(C3CN4CCC3CC4)CC2C1. The van der Waals surface area contributed by atoms with Gasteiger partial charge in [-0.3, -0.25) is 9.80 Å². The predicted octanol–water partition coefficient (Wildman–Crippen LogP) is 1.25. The maximum absolute atomic E-state index is 2.86. The molecule has 5 saturated heterocycles. The highest BCUT2D eigenvalue weighted by molar-refractivity contribution is 4.96. The van der Waals surface area contributed by atoms with Crippen LogP contribution in [0.4, 0.5) is 0 Å². The molecule has 5 aliphatic rings. The summed E-state index contributed by atoms with van der Waals surface area (Å²) in [6.45, 7) is 9.56. The number of hydrogen-bond acceptors (Lipinski definition) is 3. The van der Waals surface area contributed by atoms with Crippen LogP contribution in [-0.4, -0.2) is 72.6 Å². The maximum atomic E-state index is 2.86. The molecule has 2 bridgehead atoms. The molecule has 0 saturated carbocycles. The molecular formula is C15H27N3. The smallest absolute Gasteiger partial charge is 0.0253 e. The minimum Gasteiger partial charge on any atom is -0.302 e. The summed E-state index contributed by atoms with van der Waals surface area (Å²) in [4.78, 5) is 8.34. The molecule has 3 nitrogen and oxygen atoms in total. The Labute approximate surface area is 111 Å². The van der Waals surface area contributed by atoms with Gasteiger partial charge in [0.05, 0.1) is 0 Å². The summed E-state index contributed by atoms with van der Waals surface area (Å²) in [5, 5.41) is 0. The fraction of sp³-hybridized carbons (Fsp3) is 1.00. The van der Waals surface area contributed by atoms with Crippen LogP contribution in [0.5, 0.6) is 0 Å². The van der Waals surface area contributed by atoms with Gasteiger partial charge in [-0.1, -0.05) is 6.42 Å². The average Bonchev–Trinajstić information content (AvgIpc) is 2.48. The molecular weight excluding hydrogens is 222 g/mol. The lowest BCUT2D eigenvalue weighted by Crippen LogP contribution is -2.63. The van der Waals surface area contributed by atoms with Crippen molar-refractivity contribution < 1.29 is 0 Å². The van der Waals surface area contributed by atoms with E-state index in [4.69, 9.17) is 0 Å². The largest absolute Gasteiger partial charge is 0.302 e. The van der Waals surface area contributed by atoms with Crippen LogP contribution in [0.25, 0.3) is 0 Å². The molecule has 5 aliphatic heterocycles. The second-order valence-electron chi connectivity index (χ2n) is 6.89. The molecule has 2 atom stereocenters. The highest BCUT2D eigenvalue weighted by Crippen LogP contribution is 2.33. The molecule has 0 aromatic rings. The minimum atomic E-state index is 0.892. The molecule has 5 heterocycles. The van der Waals surface area contributed by atoms with E-state index in [1.165, 1.54) is 77.9 Å². The lowest BCUT2D eigenvalue weighted by molar-refractivity contribution is -0.0384. The van der Waals surface area contributed by atoms with Crippen molar-refractivity contribution in [2.75, 3.05) is 45.8 Å². The Morgan fingerprint density at radius 1 is 0.667 bits per heavy atom. The van der Waals surface area contributed by atoms with Gasteiger partial charge in [-0.15, -0.1) is 0 Å². The van der Waals surface area contributed by atoms with Crippen LogP contribution in [0.3, 0.4) is 0 Å². The van der Waals surface area contributed by atoms with Crippen molar-refractivity contribution in [1.82, 2.24) is 14.7 Å². The van der Waals surface area contributed by atoms with E-state index in [2.05, 4.69) is 14.7 Å². The van der Waals surface area contributed by atoms with E-state index in [9.17, 15) is 0 Å². The van der Waals surface area contributed by atoms with Gasteiger partial charge in [0.25, 0.3) is 0 Å². The van der Waals surface area contributed by atoms with Gasteiger partial charge in [0.15, 0.2) is 0 Å². The first kappa shape index (κ1) is 11.7. The quantitative estimate of drug-likeness (QED) is 0.692. The Balaban J connectivity index is 1.43. The van der Waals surface area contributed by atoms with E-state index in [-0.39, 0.29) is 0 Å². The topological polar surface area (TPSA) is 9.72 Å². The van der Waals surface area contributed by atoms with Crippen molar-refractivity contribution >= 4 is 0 Å². The first-order valence-electron chi connectivity index (χ1n) is 8.10. The standard InChI is InChI=1S/C15H27N3/c1-2-6-17-9-10-18(11-14(17)3-1)15-12-16-7-4-13(15)5-8-16/h13-15H,1-12H2. The third kappa shape index (κ3) is 2.00. The van der Waals surface area contributed by atoms with Crippen LogP contribution >= 0.6 is 0 Å². The van der Waals surface area contributed by atoms with Crippen molar-refractivity contribution in [2.24, 2.45) is 5.92 Å². The maximum Gasteiger partial charge on any atom is 0.0253 e. The zero-order valence-electron chi connectivity index (χ0n) is 11.6. The Morgan fingerprint density at radius 3 is 2.28 bits per heavy atom. The van der Waals surface area contributed by atoms with E-state index in [0.717, 1.165) is 18.0 Å². The Bertz CT molecular complexity index is 298. The monoisotopic (exact) mass is 249 g/mol. The van der Waals surface area contributed by atoms with Crippen LogP contribution in [0.1, 0.15) is 32.1 Å². The van der Waals surface area contributed by atoms with E-state index >= 15 is 0 Å². The molecule has 0 amide bonds. The van der Waals surface area contributed by atoms with E-state index < -0.39 is 0 Å². The summed E-state index contributed by atoms with van der Waals surface area (Å²) in [6, 6.07) is 1.79. The number of piperidine rings is 4.